The summed E-state index contributed by atoms with van der Waals surface area (Å²) in [6.07, 6.45) is -0.241. The van der Waals surface area contributed by atoms with Crippen molar-refractivity contribution in [3.8, 4) is 0 Å². The van der Waals surface area contributed by atoms with Gasteiger partial charge in [-0.05, 0) is 12.1 Å². The molecule has 6 heteroatoms. The van der Waals surface area contributed by atoms with E-state index in [1.54, 1.807) is 24.3 Å². The molecule has 2 rings (SSSR count). The molecule has 0 bridgehead atoms. The second kappa shape index (κ2) is 4.25. The molecular weight excluding hydrogens is 224 g/mol. The van der Waals surface area contributed by atoms with Gasteiger partial charge in [-0.3, -0.25) is 19.3 Å². The third kappa shape index (κ3) is 1.84. The van der Waals surface area contributed by atoms with Gasteiger partial charge in [0.15, 0.2) is 0 Å². The van der Waals surface area contributed by atoms with Gasteiger partial charge in [0.25, 0.3) is 17.7 Å². The number of carbonyl (C=O) groups excluding carboxylic acids is 3. The van der Waals surface area contributed by atoms with Crippen LogP contribution in [-0.4, -0.2) is 29.2 Å². The predicted octanol–water partition coefficient (Wildman–Crippen LogP) is 0.966. The molecule has 6 nitrogen and oxygen atoms in total. The summed E-state index contributed by atoms with van der Waals surface area (Å²) in [6, 6.07) is 6.42. The SMILES string of the molecule is O=NC(=O)CCN1C(=O)c2ccccc2C1=O. The molecule has 0 saturated heterocycles. The minimum atomic E-state index is -0.874. The predicted molar refractivity (Wildman–Crippen MR) is 57.2 cm³/mol. The molecule has 1 aromatic rings. The van der Waals surface area contributed by atoms with Gasteiger partial charge in [0.2, 0.25) is 0 Å². The first-order valence-corrected chi connectivity index (χ1v) is 4.96. The zero-order valence-electron chi connectivity index (χ0n) is 8.75. The molecule has 0 N–H and O–H groups in total. The molecule has 3 amide bonds. The van der Waals surface area contributed by atoms with Gasteiger partial charge in [-0.25, -0.2) is 0 Å². The Hall–Kier alpha value is -2.37. The fourth-order valence-corrected chi connectivity index (χ4v) is 1.70. The Morgan fingerprint density at radius 2 is 1.65 bits per heavy atom. The first kappa shape index (κ1) is 11.1. The first-order valence-electron chi connectivity index (χ1n) is 4.96. The topological polar surface area (TPSA) is 83.9 Å². The van der Waals surface area contributed by atoms with E-state index in [4.69, 9.17) is 0 Å². The minimum Gasteiger partial charge on any atom is -0.274 e. The molecule has 0 aromatic heterocycles. The minimum absolute atomic E-state index is 0.114. The van der Waals surface area contributed by atoms with Gasteiger partial charge in [0.05, 0.1) is 17.5 Å². The molecule has 0 aliphatic carbocycles. The van der Waals surface area contributed by atoms with Crippen LogP contribution in [0.4, 0.5) is 0 Å². The van der Waals surface area contributed by atoms with Crippen LogP contribution in [0.5, 0.6) is 0 Å². The monoisotopic (exact) mass is 232 g/mol. The molecule has 0 fully saturated rings. The zero-order chi connectivity index (χ0) is 12.4. The molecule has 1 aliphatic rings. The van der Waals surface area contributed by atoms with E-state index in [0.717, 1.165) is 4.90 Å². The van der Waals surface area contributed by atoms with Gasteiger partial charge < -0.3 is 0 Å². The molecule has 0 spiro atoms. The van der Waals surface area contributed by atoms with Crippen molar-refractivity contribution in [3.63, 3.8) is 0 Å². The molecule has 17 heavy (non-hydrogen) atoms. The van der Waals surface area contributed by atoms with Crippen molar-refractivity contribution in [2.24, 2.45) is 5.18 Å². The molecule has 0 saturated carbocycles. The number of nitrogens with zero attached hydrogens (tertiary/aromatic N) is 2. The lowest BCUT2D eigenvalue weighted by atomic mass is 10.1. The maximum Gasteiger partial charge on any atom is 0.288 e. The Bertz CT molecular complexity index is 489. The average molecular weight is 232 g/mol. The summed E-state index contributed by atoms with van der Waals surface area (Å²) >= 11 is 0. The van der Waals surface area contributed by atoms with E-state index in [1.165, 1.54) is 0 Å². The average Bonchev–Trinajstić information content (AvgIpc) is 2.60. The second-order valence-corrected chi connectivity index (χ2v) is 3.54. The van der Waals surface area contributed by atoms with E-state index >= 15 is 0 Å². The molecule has 0 radical (unpaired) electrons. The van der Waals surface area contributed by atoms with Crippen LogP contribution in [0.1, 0.15) is 27.1 Å². The lowest BCUT2D eigenvalue weighted by molar-refractivity contribution is -0.118. The van der Waals surface area contributed by atoms with Crippen LogP contribution in [0.2, 0.25) is 0 Å². The highest BCUT2D eigenvalue weighted by atomic mass is 16.3. The Morgan fingerprint density at radius 3 is 2.12 bits per heavy atom. The fraction of sp³-hybridized carbons (Fsp3) is 0.182. The van der Waals surface area contributed by atoms with Crippen molar-refractivity contribution < 1.29 is 14.4 Å². The van der Waals surface area contributed by atoms with Crippen molar-refractivity contribution in [2.45, 2.75) is 6.42 Å². The number of hydrogen-bond donors (Lipinski definition) is 0. The molecule has 1 heterocycles. The molecule has 0 unspecified atom stereocenters. The molecule has 1 aliphatic heterocycles. The van der Waals surface area contributed by atoms with E-state index in [9.17, 15) is 19.3 Å². The van der Waals surface area contributed by atoms with Gasteiger partial charge in [-0.2, -0.15) is 0 Å². The summed E-state index contributed by atoms with van der Waals surface area (Å²) < 4.78 is 0. The highest BCUT2D eigenvalue weighted by molar-refractivity contribution is 6.21. The summed E-state index contributed by atoms with van der Waals surface area (Å²) in [5.41, 5.74) is 0.646. The summed E-state index contributed by atoms with van der Waals surface area (Å²) in [6.45, 7) is -0.114. The Labute approximate surface area is 96.2 Å². The molecule has 0 atom stereocenters. The van der Waals surface area contributed by atoms with E-state index in [0.29, 0.717) is 11.1 Å². The maximum absolute atomic E-state index is 11.8. The van der Waals surface area contributed by atoms with E-state index < -0.39 is 17.7 Å². The number of imide groups is 1. The van der Waals surface area contributed by atoms with Gasteiger partial charge in [-0.15, -0.1) is 4.91 Å². The molecule has 1 aromatic carbocycles. The Morgan fingerprint density at radius 1 is 1.12 bits per heavy atom. The van der Waals surface area contributed by atoms with Crippen LogP contribution in [0.15, 0.2) is 29.4 Å². The summed E-state index contributed by atoms with van der Waals surface area (Å²) in [4.78, 5) is 45.2. The van der Waals surface area contributed by atoms with E-state index in [1.807, 2.05) is 0 Å². The van der Waals surface area contributed by atoms with Crippen molar-refractivity contribution in [1.29, 1.82) is 0 Å². The van der Waals surface area contributed by atoms with Crippen LogP contribution < -0.4 is 0 Å². The summed E-state index contributed by atoms with van der Waals surface area (Å²) in [7, 11) is 0. The first-order chi connectivity index (χ1) is 8.15. The van der Waals surface area contributed by atoms with Crippen molar-refractivity contribution in [2.75, 3.05) is 6.54 Å². The van der Waals surface area contributed by atoms with Crippen LogP contribution in [-0.2, 0) is 4.79 Å². The van der Waals surface area contributed by atoms with Crippen LogP contribution in [0.3, 0.4) is 0 Å². The van der Waals surface area contributed by atoms with Gasteiger partial charge in [0.1, 0.15) is 0 Å². The van der Waals surface area contributed by atoms with Gasteiger partial charge >= 0.3 is 0 Å². The van der Waals surface area contributed by atoms with E-state index in [-0.39, 0.29) is 13.0 Å². The highest BCUT2D eigenvalue weighted by Crippen LogP contribution is 2.22. The van der Waals surface area contributed by atoms with Gasteiger partial charge in [0, 0.05) is 11.7 Å². The Kier molecular flexibility index (Phi) is 2.78. The van der Waals surface area contributed by atoms with Crippen molar-refractivity contribution in [1.82, 2.24) is 4.90 Å². The number of rotatable bonds is 3. The van der Waals surface area contributed by atoms with E-state index in [2.05, 4.69) is 5.18 Å². The normalized spacial score (nSPS) is 13.8. The number of amides is 3. The quantitative estimate of drug-likeness (QED) is 0.574. The third-order valence-electron chi connectivity index (χ3n) is 2.53. The number of benzene rings is 1. The van der Waals surface area contributed by atoms with Crippen LogP contribution in [0.25, 0.3) is 0 Å². The standard InChI is InChI=1S/C11H8N2O4/c14-9(12-17)5-6-13-10(15)7-3-1-2-4-8(7)11(13)16/h1-4H,5-6H2. The summed E-state index contributed by atoms with van der Waals surface area (Å²) in [5.74, 6) is -1.75. The van der Waals surface area contributed by atoms with Crippen molar-refractivity contribution in [3.05, 3.63) is 40.3 Å². The largest absolute Gasteiger partial charge is 0.288 e. The lowest BCUT2D eigenvalue weighted by Gasteiger charge is -2.11. The Balaban J connectivity index is 2.19. The number of carbonyl (C=O) groups is 3. The van der Waals surface area contributed by atoms with Crippen molar-refractivity contribution >= 4 is 17.7 Å². The highest BCUT2D eigenvalue weighted by Gasteiger charge is 2.34. The second-order valence-electron chi connectivity index (χ2n) is 3.54. The maximum atomic E-state index is 11.8. The number of nitroso groups, excluding NO2 is 1. The lowest BCUT2D eigenvalue weighted by Crippen LogP contribution is -2.31. The van der Waals surface area contributed by atoms with Crippen LogP contribution >= 0.6 is 0 Å². The number of fused-ring (bicyclic) bond motifs is 1. The zero-order valence-corrected chi connectivity index (χ0v) is 8.75. The van der Waals surface area contributed by atoms with Crippen LogP contribution in [0, 0.1) is 4.91 Å². The fourth-order valence-electron chi connectivity index (χ4n) is 1.70. The molecule has 86 valence electrons. The number of hydrogen-bond acceptors (Lipinski definition) is 4. The van der Waals surface area contributed by atoms with Gasteiger partial charge in [-0.1, -0.05) is 12.1 Å². The molecular formula is C11H8N2O4. The summed E-state index contributed by atoms with van der Waals surface area (Å²) in [5, 5.41) is 2.21. The smallest absolute Gasteiger partial charge is 0.274 e. The third-order valence-corrected chi connectivity index (χ3v) is 2.53.